The fourth-order valence-corrected chi connectivity index (χ4v) is 4.03. The Morgan fingerprint density at radius 3 is 2.81 bits per heavy atom. The number of para-hydroxylation sites is 1. The van der Waals surface area contributed by atoms with Gasteiger partial charge < -0.3 is 4.90 Å². The zero-order chi connectivity index (χ0) is 18.4. The fourth-order valence-electron chi connectivity index (χ4n) is 4.03. The van der Waals surface area contributed by atoms with Crippen molar-refractivity contribution < 1.29 is 4.79 Å². The van der Waals surface area contributed by atoms with Crippen molar-refractivity contribution in [3.8, 4) is 0 Å². The Bertz CT molecular complexity index is 1000. The molecule has 0 unspecified atom stereocenters. The lowest BCUT2D eigenvalue weighted by Gasteiger charge is -2.18. The summed E-state index contributed by atoms with van der Waals surface area (Å²) < 4.78 is 1.88. The standard InChI is InChI=1S/C21H24N4O/c1-13-12-24(19-8-6-5-7-17(13)19)21(26)10-9-18-15(3)22-20-11-14(2)23-25(20)16(18)4/h5-8,11,13H,9-10,12H2,1-4H3/t13-/m1/s1. The summed E-state index contributed by atoms with van der Waals surface area (Å²) >= 11 is 0. The SMILES string of the molecule is Cc1cc2nc(C)c(CCC(=O)N3C[C@@H](C)c4ccccc43)c(C)n2n1. The Morgan fingerprint density at radius 2 is 2.00 bits per heavy atom. The molecule has 3 aromatic rings. The van der Waals surface area contributed by atoms with Crippen molar-refractivity contribution in [1.82, 2.24) is 14.6 Å². The normalized spacial score (nSPS) is 16.3. The lowest BCUT2D eigenvalue weighted by Crippen LogP contribution is -2.29. The molecule has 1 amide bonds. The molecule has 1 atom stereocenters. The highest BCUT2D eigenvalue weighted by Gasteiger charge is 2.29. The number of carbonyl (C=O) groups is 1. The number of benzene rings is 1. The number of fused-ring (bicyclic) bond motifs is 2. The average Bonchev–Trinajstić information content (AvgIpc) is 3.15. The third-order valence-corrected chi connectivity index (χ3v) is 5.39. The van der Waals surface area contributed by atoms with Crippen LogP contribution in [0, 0.1) is 20.8 Å². The first-order valence-corrected chi connectivity index (χ1v) is 9.17. The third kappa shape index (κ3) is 2.68. The van der Waals surface area contributed by atoms with Gasteiger partial charge >= 0.3 is 0 Å². The van der Waals surface area contributed by atoms with Gasteiger partial charge in [-0.2, -0.15) is 5.10 Å². The van der Waals surface area contributed by atoms with Crippen molar-refractivity contribution in [2.24, 2.45) is 0 Å². The van der Waals surface area contributed by atoms with Crippen LogP contribution in [0.15, 0.2) is 30.3 Å². The number of rotatable bonds is 3. The van der Waals surface area contributed by atoms with Crippen LogP contribution in [0.25, 0.3) is 5.65 Å². The van der Waals surface area contributed by atoms with E-state index in [1.165, 1.54) is 5.56 Å². The van der Waals surface area contributed by atoms with Crippen LogP contribution in [0.4, 0.5) is 5.69 Å². The van der Waals surface area contributed by atoms with E-state index in [0.717, 1.165) is 40.5 Å². The van der Waals surface area contributed by atoms with E-state index >= 15 is 0 Å². The minimum atomic E-state index is 0.178. The maximum Gasteiger partial charge on any atom is 0.227 e. The quantitative estimate of drug-likeness (QED) is 0.724. The van der Waals surface area contributed by atoms with Crippen LogP contribution in [0.5, 0.6) is 0 Å². The van der Waals surface area contributed by atoms with Crippen molar-refractivity contribution in [2.45, 2.75) is 46.5 Å². The largest absolute Gasteiger partial charge is 0.312 e. The van der Waals surface area contributed by atoms with Crippen molar-refractivity contribution >= 4 is 17.2 Å². The molecule has 0 saturated heterocycles. The monoisotopic (exact) mass is 348 g/mol. The Labute approximate surface area is 153 Å². The van der Waals surface area contributed by atoms with Crippen LogP contribution in [0.1, 0.15) is 47.5 Å². The number of carbonyl (C=O) groups excluding carboxylic acids is 1. The minimum absolute atomic E-state index is 0.178. The van der Waals surface area contributed by atoms with Crippen LogP contribution in [-0.4, -0.2) is 27.0 Å². The molecule has 0 radical (unpaired) electrons. The second kappa shape index (κ2) is 6.24. The molecule has 3 heterocycles. The summed E-state index contributed by atoms with van der Waals surface area (Å²) in [5, 5.41) is 4.52. The molecule has 1 aliphatic rings. The molecule has 0 spiro atoms. The van der Waals surface area contributed by atoms with Crippen molar-refractivity contribution in [2.75, 3.05) is 11.4 Å². The molecule has 26 heavy (non-hydrogen) atoms. The highest BCUT2D eigenvalue weighted by Crippen LogP contribution is 2.36. The molecule has 0 fully saturated rings. The summed E-state index contributed by atoms with van der Waals surface area (Å²) in [6.07, 6.45) is 1.17. The third-order valence-electron chi connectivity index (χ3n) is 5.39. The highest BCUT2D eigenvalue weighted by atomic mass is 16.2. The van der Waals surface area contributed by atoms with Crippen molar-refractivity contribution in [3.63, 3.8) is 0 Å². The smallest absolute Gasteiger partial charge is 0.227 e. The van der Waals surface area contributed by atoms with Gasteiger partial charge in [-0.3, -0.25) is 4.79 Å². The number of aryl methyl sites for hydroxylation is 3. The molecule has 0 N–H and O–H groups in total. The van der Waals surface area contributed by atoms with E-state index in [1.54, 1.807) is 0 Å². The summed E-state index contributed by atoms with van der Waals surface area (Å²) in [7, 11) is 0. The molecule has 0 aliphatic carbocycles. The van der Waals surface area contributed by atoms with Crippen molar-refractivity contribution in [1.29, 1.82) is 0 Å². The number of nitrogens with zero attached hydrogens (tertiary/aromatic N) is 4. The molecule has 0 bridgehead atoms. The van der Waals surface area contributed by atoms with Gasteiger partial charge in [0, 0.05) is 42.0 Å². The first kappa shape index (κ1) is 16.8. The molecule has 5 nitrogen and oxygen atoms in total. The fraction of sp³-hybridized carbons (Fsp3) is 0.381. The van der Waals surface area contributed by atoms with Crippen LogP contribution in [0.3, 0.4) is 0 Å². The summed E-state index contributed by atoms with van der Waals surface area (Å²) in [5.74, 6) is 0.570. The summed E-state index contributed by atoms with van der Waals surface area (Å²) in [6.45, 7) is 8.99. The molecule has 1 aliphatic heterocycles. The summed E-state index contributed by atoms with van der Waals surface area (Å²) in [6, 6.07) is 10.2. The lowest BCUT2D eigenvalue weighted by atomic mass is 10.0. The zero-order valence-electron chi connectivity index (χ0n) is 15.8. The highest BCUT2D eigenvalue weighted by molar-refractivity contribution is 5.96. The van der Waals surface area contributed by atoms with Gasteiger partial charge in [-0.1, -0.05) is 25.1 Å². The Kier molecular flexibility index (Phi) is 4.02. The second-order valence-electron chi connectivity index (χ2n) is 7.28. The number of amides is 1. The van der Waals surface area contributed by atoms with Gasteiger partial charge in [0.15, 0.2) is 5.65 Å². The van der Waals surface area contributed by atoms with Gasteiger partial charge in [0.2, 0.25) is 5.91 Å². The summed E-state index contributed by atoms with van der Waals surface area (Å²) in [4.78, 5) is 19.5. The first-order chi connectivity index (χ1) is 12.5. The first-order valence-electron chi connectivity index (χ1n) is 9.17. The van der Waals surface area contributed by atoms with E-state index < -0.39 is 0 Å². The van der Waals surface area contributed by atoms with E-state index in [2.05, 4.69) is 30.0 Å². The van der Waals surface area contributed by atoms with Crippen molar-refractivity contribution in [3.05, 3.63) is 58.5 Å². The number of hydrogen-bond donors (Lipinski definition) is 0. The number of anilines is 1. The molecule has 1 aromatic carbocycles. The van der Waals surface area contributed by atoms with Crippen LogP contribution >= 0.6 is 0 Å². The maximum atomic E-state index is 12.9. The molecule has 4 rings (SSSR count). The maximum absolute atomic E-state index is 12.9. The van der Waals surface area contributed by atoms with E-state index in [-0.39, 0.29) is 5.91 Å². The topological polar surface area (TPSA) is 50.5 Å². The number of hydrogen-bond acceptors (Lipinski definition) is 3. The van der Waals surface area contributed by atoms with Crippen LogP contribution < -0.4 is 4.90 Å². The van der Waals surface area contributed by atoms with Crippen LogP contribution in [-0.2, 0) is 11.2 Å². The Hall–Kier alpha value is -2.69. The molecule has 0 saturated carbocycles. The van der Waals surface area contributed by atoms with Gasteiger partial charge in [-0.15, -0.1) is 0 Å². The zero-order valence-corrected chi connectivity index (χ0v) is 15.8. The molecular formula is C21H24N4O. The predicted octanol–water partition coefficient (Wildman–Crippen LogP) is 3.74. The summed E-state index contributed by atoms with van der Waals surface area (Å²) in [5.41, 5.74) is 7.33. The average molecular weight is 348 g/mol. The molecule has 2 aromatic heterocycles. The van der Waals surface area contributed by atoms with E-state index in [9.17, 15) is 4.79 Å². The molecule has 134 valence electrons. The molecular weight excluding hydrogens is 324 g/mol. The van der Waals surface area contributed by atoms with Gasteiger partial charge in [0.1, 0.15) is 0 Å². The van der Waals surface area contributed by atoms with Gasteiger partial charge in [0.25, 0.3) is 0 Å². The predicted molar refractivity (Wildman–Crippen MR) is 103 cm³/mol. The van der Waals surface area contributed by atoms with E-state index in [0.29, 0.717) is 18.8 Å². The van der Waals surface area contributed by atoms with Gasteiger partial charge in [-0.25, -0.2) is 9.50 Å². The van der Waals surface area contributed by atoms with Gasteiger partial charge in [0.05, 0.1) is 5.69 Å². The lowest BCUT2D eigenvalue weighted by molar-refractivity contribution is -0.118. The second-order valence-corrected chi connectivity index (χ2v) is 7.28. The number of aromatic nitrogens is 3. The Morgan fingerprint density at radius 1 is 1.23 bits per heavy atom. The van der Waals surface area contributed by atoms with Gasteiger partial charge in [-0.05, 0) is 44.4 Å². The molecule has 5 heteroatoms. The van der Waals surface area contributed by atoms with E-state index in [1.807, 2.05) is 47.5 Å². The van der Waals surface area contributed by atoms with E-state index in [4.69, 9.17) is 0 Å². The Balaban J connectivity index is 1.56. The minimum Gasteiger partial charge on any atom is -0.312 e. The van der Waals surface area contributed by atoms with Crippen LogP contribution in [0.2, 0.25) is 0 Å².